The van der Waals surface area contributed by atoms with Gasteiger partial charge in [0.25, 0.3) is 0 Å². The molecule has 1 unspecified atom stereocenters. The van der Waals surface area contributed by atoms with Gasteiger partial charge in [0.1, 0.15) is 0 Å². The second-order valence-electron chi connectivity index (χ2n) is 6.29. The highest BCUT2D eigenvalue weighted by Gasteiger charge is 2.40. The second-order valence-corrected chi connectivity index (χ2v) is 7.08. The van der Waals surface area contributed by atoms with Gasteiger partial charge in [-0.05, 0) is 24.8 Å². The number of nitrogens with zero attached hydrogens (tertiary/aromatic N) is 1. The normalized spacial score (nSPS) is 21.3. The van der Waals surface area contributed by atoms with Crippen LogP contribution in [0.25, 0.3) is 0 Å². The van der Waals surface area contributed by atoms with Crippen LogP contribution in [-0.4, -0.2) is 55.0 Å². The zero-order chi connectivity index (χ0) is 18.1. The maximum atomic E-state index is 13.1. The van der Waals surface area contributed by atoms with Gasteiger partial charge < -0.3 is 14.4 Å². The number of carbonyl (C=O) groups is 2. The molecule has 0 spiro atoms. The third-order valence-corrected chi connectivity index (χ3v) is 5.03. The molecular formula is C19H26BrNO4. The molecule has 1 amide bonds. The van der Waals surface area contributed by atoms with Crippen molar-refractivity contribution >= 4 is 28.1 Å². The average Bonchev–Trinajstić information content (AvgIpc) is 3.04. The molecular weight excluding hydrogens is 386 g/mol. The van der Waals surface area contributed by atoms with Crippen molar-refractivity contribution in [2.45, 2.75) is 38.0 Å². The molecule has 0 aliphatic carbocycles. The van der Waals surface area contributed by atoms with E-state index < -0.39 is 6.23 Å². The van der Waals surface area contributed by atoms with E-state index in [2.05, 4.69) is 15.9 Å². The molecule has 1 heterocycles. The van der Waals surface area contributed by atoms with E-state index in [0.29, 0.717) is 25.9 Å². The number of hydrogen-bond acceptors (Lipinski definition) is 4. The van der Waals surface area contributed by atoms with Gasteiger partial charge in [-0.1, -0.05) is 52.7 Å². The van der Waals surface area contributed by atoms with Crippen LogP contribution in [0.15, 0.2) is 30.3 Å². The van der Waals surface area contributed by atoms with Crippen LogP contribution < -0.4 is 0 Å². The molecule has 2 rings (SSSR count). The van der Waals surface area contributed by atoms with Crippen LogP contribution in [-0.2, 0) is 25.5 Å². The van der Waals surface area contributed by atoms with Gasteiger partial charge in [0.15, 0.2) is 12.5 Å². The fourth-order valence-electron chi connectivity index (χ4n) is 3.21. The van der Waals surface area contributed by atoms with Crippen molar-refractivity contribution in [3.05, 3.63) is 35.9 Å². The predicted molar refractivity (Wildman–Crippen MR) is 99.6 cm³/mol. The number of ether oxygens (including phenoxy) is 2. The highest BCUT2D eigenvalue weighted by Crippen LogP contribution is 2.24. The largest absolute Gasteiger partial charge is 0.384 e. The molecule has 3 atom stereocenters. The van der Waals surface area contributed by atoms with Crippen LogP contribution >= 0.6 is 15.9 Å². The lowest BCUT2D eigenvalue weighted by molar-refractivity contribution is -0.147. The molecule has 25 heavy (non-hydrogen) atoms. The number of carbonyl (C=O) groups excluding carboxylic acids is 2. The molecule has 0 aromatic heterocycles. The third-order valence-electron chi connectivity index (χ3n) is 4.47. The van der Waals surface area contributed by atoms with Gasteiger partial charge in [-0.15, -0.1) is 0 Å². The zero-order valence-electron chi connectivity index (χ0n) is 14.6. The SMILES string of the molecule is COC[C@H](CCCCBr)C(=O)N1C(C=O)OC[C@H]1Cc1ccccc1. The Balaban J connectivity index is 2.10. The van der Waals surface area contributed by atoms with E-state index in [1.165, 1.54) is 0 Å². The minimum Gasteiger partial charge on any atom is -0.384 e. The Morgan fingerprint density at radius 1 is 1.40 bits per heavy atom. The molecule has 1 aromatic carbocycles. The van der Waals surface area contributed by atoms with Crippen LogP contribution in [0.2, 0.25) is 0 Å². The second kappa shape index (κ2) is 10.7. The minimum atomic E-state index is -0.795. The van der Waals surface area contributed by atoms with Gasteiger partial charge in [-0.2, -0.15) is 0 Å². The Morgan fingerprint density at radius 2 is 2.16 bits per heavy atom. The number of amides is 1. The Hall–Kier alpha value is -1.24. The van der Waals surface area contributed by atoms with Gasteiger partial charge in [0.2, 0.25) is 5.91 Å². The zero-order valence-corrected chi connectivity index (χ0v) is 16.2. The van der Waals surface area contributed by atoms with Crippen molar-refractivity contribution in [1.29, 1.82) is 0 Å². The van der Waals surface area contributed by atoms with Crippen LogP contribution in [0.4, 0.5) is 0 Å². The minimum absolute atomic E-state index is 0.0491. The number of hydrogen-bond donors (Lipinski definition) is 0. The Bertz CT molecular complexity index is 539. The summed E-state index contributed by atoms with van der Waals surface area (Å²) in [5.41, 5.74) is 1.13. The Morgan fingerprint density at radius 3 is 2.80 bits per heavy atom. The Kier molecular flexibility index (Phi) is 8.58. The lowest BCUT2D eigenvalue weighted by Gasteiger charge is -2.29. The summed E-state index contributed by atoms with van der Waals surface area (Å²) < 4.78 is 10.8. The first-order valence-corrected chi connectivity index (χ1v) is 9.81. The number of rotatable bonds is 10. The highest BCUT2D eigenvalue weighted by atomic mass is 79.9. The van der Waals surface area contributed by atoms with E-state index in [1.54, 1.807) is 12.0 Å². The van der Waals surface area contributed by atoms with Gasteiger partial charge in [-0.3, -0.25) is 9.59 Å². The number of methoxy groups -OCH3 is 1. The van der Waals surface area contributed by atoms with E-state index in [4.69, 9.17) is 9.47 Å². The number of aldehydes is 1. The lowest BCUT2D eigenvalue weighted by Crippen LogP contribution is -2.47. The fraction of sp³-hybridized carbons (Fsp3) is 0.579. The summed E-state index contributed by atoms with van der Waals surface area (Å²) in [4.78, 5) is 26.1. The van der Waals surface area contributed by atoms with Crippen LogP contribution in [0, 0.1) is 5.92 Å². The summed E-state index contributed by atoms with van der Waals surface area (Å²) in [5, 5.41) is 0.918. The first-order chi connectivity index (χ1) is 12.2. The first-order valence-electron chi connectivity index (χ1n) is 8.69. The number of alkyl halides is 1. The maximum Gasteiger partial charge on any atom is 0.230 e. The first kappa shape index (κ1) is 20.1. The molecule has 1 saturated heterocycles. The maximum absolute atomic E-state index is 13.1. The number of benzene rings is 1. The predicted octanol–water partition coefficient (Wildman–Crippen LogP) is 2.81. The van der Waals surface area contributed by atoms with E-state index in [0.717, 1.165) is 30.2 Å². The fourth-order valence-corrected chi connectivity index (χ4v) is 3.60. The molecule has 138 valence electrons. The molecule has 6 heteroatoms. The molecule has 0 bridgehead atoms. The quantitative estimate of drug-likeness (QED) is 0.337. The smallest absolute Gasteiger partial charge is 0.230 e. The average molecular weight is 412 g/mol. The molecule has 5 nitrogen and oxygen atoms in total. The molecule has 0 N–H and O–H groups in total. The highest BCUT2D eigenvalue weighted by molar-refractivity contribution is 9.09. The van der Waals surface area contributed by atoms with Crippen molar-refractivity contribution in [3.63, 3.8) is 0 Å². The van der Waals surface area contributed by atoms with Crippen molar-refractivity contribution < 1.29 is 19.1 Å². The monoisotopic (exact) mass is 411 g/mol. The summed E-state index contributed by atoms with van der Waals surface area (Å²) in [5.74, 6) is -0.293. The molecule has 1 aliphatic rings. The van der Waals surface area contributed by atoms with Crippen LogP contribution in [0.5, 0.6) is 0 Å². The van der Waals surface area contributed by atoms with E-state index in [1.807, 2.05) is 30.3 Å². The van der Waals surface area contributed by atoms with Crippen molar-refractivity contribution in [1.82, 2.24) is 4.90 Å². The molecule has 0 radical (unpaired) electrons. The van der Waals surface area contributed by atoms with Crippen molar-refractivity contribution in [2.24, 2.45) is 5.92 Å². The van der Waals surface area contributed by atoms with E-state index in [-0.39, 0.29) is 17.9 Å². The summed E-state index contributed by atoms with van der Waals surface area (Å²) in [6.07, 6.45) is 3.29. The summed E-state index contributed by atoms with van der Waals surface area (Å²) in [6.45, 7) is 0.742. The van der Waals surface area contributed by atoms with Crippen molar-refractivity contribution in [2.75, 3.05) is 25.7 Å². The molecule has 1 aliphatic heterocycles. The molecule has 0 saturated carbocycles. The van der Waals surface area contributed by atoms with Gasteiger partial charge >= 0.3 is 0 Å². The van der Waals surface area contributed by atoms with Gasteiger partial charge in [0, 0.05) is 12.4 Å². The molecule has 1 fully saturated rings. The third kappa shape index (κ3) is 5.62. The standard InChI is InChI=1S/C19H26BrNO4/c1-24-13-16(9-5-6-10-20)19(23)21-17(14-25-18(21)12-22)11-15-7-3-2-4-8-15/h2-4,7-8,12,16-18H,5-6,9-11,13-14H2,1H3/t16-,17+,18?/m0/s1. The van der Waals surface area contributed by atoms with Crippen LogP contribution in [0.1, 0.15) is 24.8 Å². The number of halogens is 1. The summed E-state index contributed by atoms with van der Waals surface area (Å²) in [7, 11) is 1.60. The van der Waals surface area contributed by atoms with Crippen LogP contribution in [0.3, 0.4) is 0 Å². The van der Waals surface area contributed by atoms with Gasteiger partial charge in [0.05, 0.1) is 25.2 Å². The topological polar surface area (TPSA) is 55.8 Å². The number of unbranched alkanes of at least 4 members (excludes halogenated alkanes) is 1. The van der Waals surface area contributed by atoms with Crippen molar-refractivity contribution in [3.8, 4) is 0 Å². The lowest BCUT2D eigenvalue weighted by atomic mass is 9.99. The summed E-state index contributed by atoms with van der Waals surface area (Å²) in [6, 6.07) is 9.84. The van der Waals surface area contributed by atoms with Gasteiger partial charge in [-0.25, -0.2) is 0 Å². The van der Waals surface area contributed by atoms with E-state index in [9.17, 15) is 9.59 Å². The Labute approximate surface area is 157 Å². The summed E-state index contributed by atoms with van der Waals surface area (Å²) >= 11 is 3.42. The van der Waals surface area contributed by atoms with E-state index >= 15 is 0 Å². The molecule has 1 aromatic rings.